The van der Waals surface area contributed by atoms with Crippen LogP contribution in [-0.2, 0) is 4.79 Å². The third-order valence-corrected chi connectivity index (χ3v) is 4.24. The second-order valence-corrected chi connectivity index (χ2v) is 5.78. The van der Waals surface area contributed by atoms with Crippen LogP contribution in [0.4, 0.5) is 5.69 Å². The van der Waals surface area contributed by atoms with E-state index < -0.39 is 0 Å². The highest BCUT2D eigenvalue weighted by Crippen LogP contribution is 2.36. The molecule has 0 N–H and O–H groups in total. The van der Waals surface area contributed by atoms with E-state index in [4.69, 9.17) is 0 Å². The zero-order valence-electron chi connectivity index (χ0n) is 8.36. The molecule has 2 heterocycles. The molecule has 1 fully saturated rings. The number of rotatable bonds is 2. The Morgan fingerprint density at radius 3 is 2.56 bits per heavy atom. The van der Waals surface area contributed by atoms with Gasteiger partial charge >= 0.3 is 0 Å². The summed E-state index contributed by atoms with van der Waals surface area (Å²) in [6.07, 6.45) is 3.97. The van der Waals surface area contributed by atoms with Gasteiger partial charge in [0.05, 0.1) is 14.6 Å². The van der Waals surface area contributed by atoms with E-state index in [1.54, 1.807) is 17.3 Å². The molecule has 86 valence electrons. The van der Waals surface area contributed by atoms with Crippen molar-refractivity contribution in [2.45, 2.75) is 6.42 Å². The molecule has 1 unspecified atom stereocenters. The molecule has 1 aliphatic rings. The lowest BCUT2D eigenvalue weighted by atomic mass is 10.1. The van der Waals surface area contributed by atoms with Crippen molar-refractivity contribution in [1.82, 2.24) is 4.98 Å². The van der Waals surface area contributed by atoms with E-state index in [-0.39, 0.29) is 5.91 Å². The lowest BCUT2D eigenvalue weighted by molar-refractivity contribution is -0.117. The molecule has 1 amide bonds. The Bertz CT molecular complexity index is 407. The van der Waals surface area contributed by atoms with Gasteiger partial charge in [-0.05, 0) is 43.5 Å². The van der Waals surface area contributed by atoms with Crippen LogP contribution < -0.4 is 4.90 Å². The minimum absolute atomic E-state index is 0.145. The monoisotopic (exact) mass is 364 g/mol. The van der Waals surface area contributed by atoms with Crippen LogP contribution in [0.25, 0.3) is 0 Å². The van der Waals surface area contributed by atoms with E-state index in [1.807, 2.05) is 0 Å². The summed E-state index contributed by atoms with van der Waals surface area (Å²) in [5.41, 5.74) is 0.865. The first-order valence-electron chi connectivity index (χ1n) is 4.83. The van der Waals surface area contributed by atoms with Crippen LogP contribution in [-0.4, -0.2) is 23.2 Å². The minimum Gasteiger partial charge on any atom is -0.310 e. The zero-order valence-corrected chi connectivity index (χ0v) is 12.4. The van der Waals surface area contributed by atoms with Gasteiger partial charge in [0.2, 0.25) is 5.91 Å². The normalized spacial score (nSPS) is 20.6. The van der Waals surface area contributed by atoms with Crippen LogP contribution in [0.5, 0.6) is 0 Å². The summed E-state index contributed by atoms with van der Waals surface area (Å²) in [6.45, 7) is 0.726. The number of carbonyl (C=O) groups excluding carboxylic acids is 1. The average molecular weight is 366 g/mol. The largest absolute Gasteiger partial charge is 0.310 e. The molecule has 1 aromatic heterocycles. The number of nitrogens with zero attached hydrogens (tertiary/aromatic N) is 2. The van der Waals surface area contributed by atoms with E-state index in [2.05, 4.69) is 49.5 Å². The van der Waals surface area contributed by atoms with Crippen LogP contribution in [0.3, 0.4) is 0 Å². The number of carbonyl (C=O) groups is 1. The number of aromatic nitrogens is 1. The molecule has 0 aromatic carbocycles. The number of amides is 1. The minimum atomic E-state index is 0.145. The summed E-state index contributed by atoms with van der Waals surface area (Å²) in [6, 6.07) is 0. The first-order valence-corrected chi connectivity index (χ1v) is 7.05. The molecular weight excluding hydrogens is 356 g/mol. The molecule has 1 saturated heterocycles. The van der Waals surface area contributed by atoms with Crippen LogP contribution in [0.15, 0.2) is 21.3 Å². The van der Waals surface area contributed by atoms with Gasteiger partial charge in [0.25, 0.3) is 0 Å². The zero-order chi connectivity index (χ0) is 11.7. The summed E-state index contributed by atoms with van der Waals surface area (Å²) >= 11 is 11.1. The van der Waals surface area contributed by atoms with Gasteiger partial charge in [-0.15, -0.1) is 0 Å². The Morgan fingerprint density at radius 2 is 2.06 bits per heavy atom. The maximum atomic E-state index is 11.9. The first-order chi connectivity index (χ1) is 7.63. The maximum Gasteiger partial charge on any atom is 0.227 e. The van der Waals surface area contributed by atoms with Crippen LogP contribution in [0, 0.1) is 5.92 Å². The summed E-state index contributed by atoms with van der Waals surface area (Å²) < 4.78 is 1.66. The van der Waals surface area contributed by atoms with Gasteiger partial charge in [-0.25, -0.2) is 0 Å². The quantitative estimate of drug-likeness (QED) is 0.817. The van der Waals surface area contributed by atoms with Gasteiger partial charge in [0.1, 0.15) is 0 Å². The first kappa shape index (κ1) is 12.4. The Balaban J connectivity index is 2.35. The van der Waals surface area contributed by atoms with Crippen molar-refractivity contribution in [3.63, 3.8) is 0 Å². The lowest BCUT2D eigenvalue weighted by Crippen LogP contribution is -2.25. The molecule has 0 saturated carbocycles. The number of hydrogen-bond donors (Lipinski definition) is 1. The van der Waals surface area contributed by atoms with Gasteiger partial charge in [-0.1, -0.05) is 0 Å². The van der Waals surface area contributed by atoms with E-state index >= 15 is 0 Å². The molecule has 2 rings (SSSR count). The van der Waals surface area contributed by atoms with E-state index in [1.165, 1.54) is 0 Å². The van der Waals surface area contributed by atoms with E-state index in [0.717, 1.165) is 26.9 Å². The molecule has 6 heteroatoms. The second-order valence-electron chi connectivity index (χ2n) is 3.71. The molecule has 0 bridgehead atoms. The number of thiol groups is 1. The van der Waals surface area contributed by atoms with Crippen molar-refractivity contribution in [1.29, 1.82) is 0 Å². The van der Waals surface area contributed by atoms with Crippen molar-refractivity contribution >= 4 is 56.1 Å². The maximum absolute atomic E-state index is 11.9. The topological polar surface area (TPSA) is 33.2 Å². The van der Waals surface area contributed by atoms with Crippen LogP contribution >= 0.6 is 44.5 Å². The molecule has 0 aliphatic carbocycles. The van der Waals surface area contributed by atoms with Crippen LogP contribution in [0.2, 0.25) is 0 Å². The summed E-state index contributed by atoms with van der Waals surface area (Å²) in [4.78, 5) is 17.7. The Kier molecular flexibility index (Phi) is 3.92. The van der Waals surface area contributed by atoms with Crippen molar-refractivity contribution in [2.75, 3.05) is 17.2 Å². The lowest BCUT2D eigenvalue weighted by Gasteiger charge is -2.19. The Hall–Kier alpha value is -0.0700. The number of halogens is 2. The third-order valence-electron chi connectivity index (χ3n) is 2.56. The third kappa shape index (κ3) is 2.28. The number of anilines is 1. The molecule has 3 nitrogen and oxygen atoms in total. The average Bonchev–Trinajstić information content (AvgIpc) is 2.60. The van der Waals surface area contributed by atoms with E-state index in [0.29, 0.717) is 12.3 Å². The van der Waals surface area contributed by atoms with E-state index in [9.17, 15) is 4.79 Å². The van der Waals surface area contributed by atoms with Gasteiger partial charge in [0, 0.05) is 25.4 Å². The summed E-state index contributed by atoms with van der Waals surface area (Å²) in [5, 5.41) is 0. The van der Waals surface area contributed by atoms with Gasteiger partial charge in [-0.3, -0.25) is 9.78 Å². The summed E-state index contributed by atoms with van der Waals surface area (Å²) in [5.74, 6) is 1.22. The molecule has 1 atom stereocenters. The smallest absolute Gasteiger partial charge is 0.227 e. The van der Waals surface area contributed by atoms with Gasteiger partial charge in [0.15, 0.2) is 0 Å². The van der Waals surface area contributed by atoms with Gasteiger partial charge in [-0.2, -0.15) is 12.6 Å². The highest BCUT2D eigenvalue weighted by atomic mass is 79.9. The fraction of sp³-hybridized carbons (Fsp3) is 0.400. The number of hydrogen-bond acceptors (Lipinski definition) is 3. The molecular formula is C10H10Br2N2OS. The van der Waals surface area contributed by atoms with Crippen molar-refractivity contribution in [3.05, 3.63) is 21.3 Å². The fourth-order valence-corrected chi connectivity index (χ4v) is 3.38. The standard InChI is InChI=1S/C10H10Br2N2OS/c11-7-2-13-3-8(12)10(7)14-4-6(5-16)1-9(14)15/h2-3,6,16H,1,4-5H2. The highest BCUT2D eigenvalue weighted by Gasteiger charge is 2.31. The molecule has 16 heavy (non-hydrogen) atoms. The molecule has 0 spiro atoms. The molecule has 1 aromatic rings. The van der Waals surface area contributed by atoms with Crippen molar-refractivity contribution in [3.8, 4) is 0 Å². The van der Waals surface area contributed by atoms with Crippen molar-refractivity contribution in [2.24, 2.45) is 5.92 Å². The SMILES string of the molecule is O=C1CC(CS)CN1c1c(Br)cncc1Br. The highest BCUT2D eigenvalue weighted by molar-refractivity contribution is 9.11. The van der Waals surface area contributed by atoms with Crippen LogP contribution in [0.1, 0.15) is 6.42 Å². The summed E-state index contributed by atoms with van der Waals surface area (Å²) in [7, 11) is 0. The fourth-order valence-electron chi connectivity index (χ4n) is 1.78. The molecule has 1 aliphatic heterocycles. The predicted octanol–water partition coefficient (Wildman–Crippen LogP) is 2.89. The Morgan fingerprint density at radius 1 is 1.44 bits per heavy atom. The predicted molar refractivity (Wildman–Crippen MR) is 74.0 cm³/mol. The second kappa shape index (κ2) is 5.06. The van der Waals surface area contributed by atoms with Gasteiger partial charge < -0.3 is 4.90 Å². The Labute approximate surface area is 116 Å². The van der Waals surface area contributed by atoms with Crippen molar-refractivity contribution < 1.29 is 4.79 Å². The number of pyridine rings is 1. The molecule has 0 radical (unpaired) electrons.